The maximum Gasteiger partial charge on any atom is 0.416 e. The molecule has 0 fully saturated rings. The van der Waals surface area contributed by atoms with Gasteiger partial charge in [0.2, 0.25) is 0 Å². The van der Waals surface area contributed by atoms with Crippen LogP contribution in [0.5, 0.6) is 0 Å². The van der Waals surface area contributed by atoms with Crippen molar-refractivity contribution in [2.24, 2.45) is 12.8 Å². The van der Waals surface area contributed by atoms with Crippen LogP contribution in [0.15, 0.2) is 36.7 Å². The van der Waals surface area contributed by atoms with Crippen LogP contribution in [0.1, 0.15) is 22.7 Å². The molecule has 2 rings (SSSR count). The third kappa shape index (κ3) is 2.78. The molecular weight excluding hydrogens is 260 g/mol. The number of nitrogens with zero attached hydrogens (tertiary/aromatic N) is 1. The van der Waals surface area contributed by atoms with Gasteiger partial charge in [-0.05, 0) is 23.8 Å². The summed E-state index contributed by atoms with van der Waals surface area (Å²) in [6.07, 6.45) is -1.13. The van der Waals surface area contributed by atoms with Crippen molar-refractivity contribution in [1.29, 1.82) is 0 Å². The zero-order valence-corrected chi connectivity index (χ0v) is 10.1. The Morgan fingerprint density at radius 1 is 1.21 bits per heavy atom. The summed E-state index contributed by atoms with van der Waals surface area (Å²) >= 11 is 0. The van der Waals surface area contributed by atoms with E-state index in [1.807, 2.05) is 0 Å². The highest BCUT2D eigenvalue weighted by Gasteiger charge is 2.31. The van der Waals surface area contributed by atoms with Crippen molar-refractivity contribution in [1.82, 2.24) is 4.57 Å². The van der Waals surface area contributed by atoms with Crippen LogP contribution in [0, 0.1) is 5.82 Å². The number of hydrogen-bond donors (Lipinski definition) is 1. The highest BCUT2D eigenvalue weighted by atomic mass is 19.4. The maximum absolute atomic E-state index is 13.7. The molecule has 2 nitrogen and oxygen atoms in total. The topological polar surface area (TPSA) is 30.9 Å². The lowest BCUT2D eigenvalue weighted by Crippen LogP contribution is -2.14. The summed E-state index contributed by atoms with van der Waals surface area (Å²) in [4.78, 5) is 0. The SMILES string of the molecule is Cn1ccc(C(N)c2ccc(C(F)(F)F)cc2F)c1. The number of rotatable bonds is 2. The Morgan fingerprint density at radius 2 is 1.89 bits per heavy atom. The van der Waals surface area contributed by atoms with E-state index in [1.165, 1.54) is 0 Å². The van der Waals surface area contributed by atoms with Gasteiger partial charge in [0.05, 0.1) is 11.6 Å². The molecule has 2 aromatic rings. The molecular formula is C13H12F4N2. The molecule has 0 amide bonds. The van der Waals surface area contributed by atoms with E-state index in [0.717, 1.165) is 12.1 Å². The summed E-state index contributed by atoms with van der Waals surface area (Å²) in [6.45, 7) is 0. The first-order chi connectivity index (χ1) is 8.79. The minimum Gasteiger partial charge on any atom is -0.357 e. The lowest BCUT2D eigenvalue weighted by molar-refractivity contribution is -0.137. The van der Waals surface area contributed by atoms with E-state index in [4.69, 9.17) is 5.73 Å². The average molecular weight is 272 g/mol. The van der Waals surface area contributed by atoms with Gasteiger partial charge in [0, 0.05) is 25.0 Å². The fourth-order valence-electron chi connectivity index (χ4n) is 1.84. The van der Waals surface area contributed by atoms with Gasteiger partial charge in [-0.1, -0.05) is 6.07 Å². The smallest absolute Gasteiger partial charge is 0.357 e. The Morgan fingerprint density at radius 3 is 2.37 bits per heavy atom. The molecule has 19 heavy (non-hydrogen) atoms. The summed E-state index contributed by atoms with van der Waals surface area (Å²) in [6, 6.07) is 3.29. The molecule has 0 aliphatic rings. The molecule has 0 saturated heterocycles. The second kappa shape index (κ2) is 4.70. The predicted molar refractivity (Wildman–Crippen MR) is 62.8 cm³/mol. The van der Waals surface area contributed by atoms with Gasteiger partial charge >= 0.3 is 6.18 Å². The first kappa shape index (κ1) is 13.6. The molecule has 1 aromatic heterocycles. The molecule has 1 heterocycles. The third-order valence-electron chi connectivity index (χ3n) is 2.88. The van der Waals surface area contributed by atoms with Crippen molar-refractivity contribution < 1.29 is 17.6 Å². The van der Waals surface area contributed by atoms with E-state index in [-0.39, 0.29) is 5.56 Å². The first-order valence-corrected chi connectivity index (χ1v) is 5.53. The number of hydrogen-bond acceptors (Lipinski definition) is 1. The monoisotopic (exact) mass is 272 g/mol. The fourth-order valence-corrected chi connectivity index (χ4v) is 1.84. The summed E-state index contributed by atoms with van der Waals surface area (Å²) in [5.41, 5.74) is 5.52. The quantitative estimate of drug-likeness (QED) is 0.836. The number of benzene rings is 1. The normalized spacial score (nSPS) is 13.6. The molecule has 102 valence electrons. The van der Waals surface area contributed by atoms with Gasteiger partial charge in [-0.3, -0.25) is 0 Å². The Kier molecular flexibility index (Phi) is 3.36. The van der Waals surface area contributed by atoms with Crippen LogP contribution in [-0.2, 0) is 13.2 Å². The average Bonchev–Trinajstić information content (AvgIpc) is 2.73. The summed E-state index contributed by atoms with van der Waals surface area (Å²) in [7, 11) is 1.78. The van der Waals surface area contributed by atoms with Crippen LogP contribution in [0.25, 0.3) is 0 Å². The highest BCUT2D eigenvalue weighted by molar-refractivity contribution is 5.34. The van der Waals surface area contributed by atoms with Gasteiger partial charge in [-0.25, -0.2) is 4.39 Å². The van der Waals surface area contributed by atoms with E-state index < -0.39 is 23.6 Å². The lowest BCUT2D eigenvalue weighted by atomic mass is 10.00. The van der Waals surface area contributed by atoms with Crippen molar-refractivity contribution in [3.05, 3.63) is 59.2 Å². The van der Waals surface area contributed by atoms with Gasteiger partial charge in [0.1, 0.15) is 5.82 Å². The van der Waals surface area contributed by atoms with E-state index in [2.05, 4.69) is 0 Å². The van der Waals surface area contributed by atoms with Crippen LogP contribution < -0.4 is 5.73 Å². The van der Waals surface area contributed by atoms with E-state index >= 15 is 0 Å². The zero-order chi connectivity index (χ0) is 14.2. The standard InChI is InChI=1S/C13H12F4N2/c1-19-5-4-8(7-19)12(18)10-3-2-9(6-11(10)14)13(15,16)17/h2-7,12H,18H2,1H3. The number of aryl methyl sites for hydroxylation is 1. The second-order valence-corrected chi connectivity index (χ2v) is 4.32. The van der Waals surface area contributed by atoms with Crippen molar-refractivity contribution in [3.8, 4) is 0 Å². The first-order valence-electron chi connectivity index (χ1n) is 5.53. The minimum absolute atomic E-state index is 0.0409. The van der Waals surface area contributed by atoms with Crippen LogP contribution in [0.2, 0.25) is 0 Å². The molecule has 0 saturated carbocycles. The van der Waals surface area contributed by atoms with Crippen LogP contribution in [-0.4, -0.2) is 4.57 Å². The largest absolute Gasteiger partial charge is 0.416 e. The van der Waals surface area contributed by atoms with E-state index in [0.29, 0.717) is 11.6 Å². The molecule has 0 bridgehead atoms. The molecule has 0 radical (unpaired) electrons. The van der Waals surface area contributed by atoms with Crippen molar-refractivity contribution in [2.75, 3.05) is 0 Å². The van der Waals surface area contributed by atoms with Crippen LogP contribution in [0.3, 0.4) is 0 Å². The van der Waals surface area contributed by atoms with Gasteiger partial charge in [0.25, 0.3) is 0 Å². The lowest BCUT2D eigenvalue weighted by Gasteiger charge is -2.14. The van der Waals surface area contributed by atoms with Gasteiger partial charge in [-0.15, -0.1) is 0 Å². The molecule has 0 spiro atoms. The summed E-state index contributed by atoms with van der Waals surface area (Å²) < 4.78 is 52.7. The number of nitrogens with two attached hydrogens (primary N) is 1. The van der Waals surface area contributed by atoms with Crippen LogP contribution >= 0.6 is 0 Å². The second-order valence-electron chi connectivity index (χ2n) is 4.32. The van der Waals surface area contributed by atoms with Crippen molar-refractivity contribution >= 4 is 0 Å². The maximum atomic E-state index is 13.7. The molecule has 2 N–H and O–H groups in total. The Bertz CT molecular complexity index is 587. The van der Waals surface area contributed by atoms with E-state index in [1.54, 1.807) is 30.1 Å². The predicted octanol–water partition coefficient (Wildman–Crippen LogP) is 3.23. The molecule has 6 heteroatoms. The number of alkyl halides is 3. The van der Waals surface area contributed by atoms with Gasteiger partial charge in [0.15, 0.2) is 0 Å². The summed E-state index contributed by atoms with van der Waals surface area (Å²) in [5, 5.41) is 0. The fraction of sp³-hybridized carbons (Fsp3) is 0.231. The molecule has 1 aromatic carbocycles. The van der Waals surface area contributed by atoms with Gasteiger partial charge < -0.3 is 10.3 Å². The zero-order valence-electron chi connectivity index (χ0n) is 10.1. The number of halogens is 4. The molecule has 0 aliphatic heterocycles. The Balaban J connectivity index is 2.36. The van der Waals surface area contributed by atoms with Crippen LogP contribution in [0.4, 0.5) is 17.6 Å². The molecule has 1 unspecified atom stereocenters. The van der Waals surface area contributed by atoms with Crippen molar-refractivity contribution in [3.63, 3.8) is 0 Å². The third-order valence-corrected chi connectivity index (χ3v) is 2.88. The van der Waals surface area contributed by atoms with E-state index in [9.17, 15) is 17.6 Å². The molecule has 0 aliphatic carbocycles. The highest BCUT2D eigenvalue weighted by Crippen LogP contribution is 2.32. The Labute approximate surface area is 107 Å². The van der Waals surface area contributed by atoms with Gasteiger partial charge in [-0.2, -0.15) is 13.2 Å². The number of aromatic nitrogens is 1. The minimum atomic E-state index is -4.56. The Hall–Kier alpha value is -1.82. The summed E-state index contributed by atoms with van der Waals surface area (Å²) in [5.74, 6) is -0.953. The molecule has 1 atom stereocenters. The van der Waals surface area contributed by atoms with Crippen molar-refractivity contribution in [2.45, 2.75) is 12.2 Å².